The Labute approximate surface area is 132 Å². The Hall–Kier alpha value is -1.54. The van der Waals surface area contributed by atoms with Crippen LogP contribution >= 0.6 is 15.9 Å². The van der Waals surface area contributed by atoms with Crippen LogP contribution in [0.3, 0.4) is 0 Å². The molecule has 0 fully saturated rings. The standard InChI is InChI=1S/C13H17BrN4O2S/c1-7-11(15)5-10(14)6-12(7)21(19,20)17-13-8(2)16-18(4)9(13)3/h5-6,17H,15H2,1-4H3. The Morgan fingerprint density at radius 3 is 2.43 bits per heavy atom. The predicted octanol–water partition coefficient (Wildman–Crippen LogP) is 2.49. The number of aryl methyl sites for hydroxylation is 2. The molecule has 0 saturated heterocycles. The van der Waals surface area contributed by atoms with Crippen molar-refractivity contribution in [1.82, 2.24) is 9.78 Å². The number of nitrogens with one attached hydrogen (secondary N) is 1. The van der Waals surface area contributed by atoms with Gasteiger partial charge < -0.3 is 5.73 Å². The van der Waals surface area contributed by atoms with E-state index in [-0.39, 0.29) is 4.90 Å². The quantitative estimate of drug-likeness (QED) is 0.809. The second-order valence-corrected chi connectivity index (χ2v) is 7.46. The summed E-state index contributed by atoms with van der Waals surface area (Å²) in [4.78, 5) is 0.150. The van der Waals surface area contributed by atoms with Crippen LogP contribution in [0.15, 0.2) is 21.5 Å². The lowest BCUT2D eigenvalue weighted by molar-refractivity contribution is 0.600. The van der Waals surface area contributed by atoms with Gasteiger partial charge in [-0.3, -0.25) is 9.40 Å². The van der Waals surface area contributed by atoms with Crippen LogP contribution in [0.4, 0.5) is 11.4 Å². The van der Waals surface area contributed by atoms with Gasteiger partial charge in [0, 0.05) is 17.2 Å². The number of nitrogens with two attached hydrogens (primary N) is 1. The van der Waals surface area contributed by atoms with E-state index in [0.29, 0.717) is 27.1 Å². The Kier molecular flexibility index (Phi) is 4.03. The highest BCUT2D eigenvalue weighted by molar-refractivity contribution is 9.10. The molecule has 0 radical (unpaired) electrons. The molecule has 1 aromatic heterocycles. The van der Waals surface area contributed by atoms with Gasteiger partial charge in [0.1, 0.15) is 0 Å². The summed E-state index contributed by atoms with van der Waals surface area (Å²) in [6.07, 6.45) is 0. The van der Waals surface area contributed by atoms with E-state index in [2.05, 4.69) is 25.8 Å². The molecule has 114 valence electrons. The fourth-order valence-corrected chi connectivity index (χ4v) is 4.17. The number of anilines is 2. The van der Waals surface area contributed by atoms with E-state index in [1.807, 2.05) is 0 Å². The Morgan fingerprint density at radius 2 is 1.90 bits per heavy atom. The molecule has 2 rings (SSSR count). The third-order valence-corrected chi connectivity index (χ3v) is 5.33. The third-order valence-electron chi connectivity index (χ3n) is 3.40. The van der Waals surface area contributed by atoms with Gasteiger partial charge in [-0.2, -0.15) is 5.10 Å². The van der Waals surface area contributed by atoms with Crippen molar-refractivity contribution in [1.29, 1.82) is 0 Å². The van der Waals surface area contributed by atoms with Crippen LogP contribution in [0.2, 0.25) is 0 Å². The largest absolute Gasteiger partial charge is 0.398 e. The first kappa shape index (κ1) is 15.8. The maximum atomic E-state index is 12.6. The summed E-state index contributed by atoms with van der Waals surface area (Å²) < 4.78 is 30.1. The van der Waals surface area contributed by atoms with Gasteiger partial charge in [-0.05, 0) is 38.5 Å². The number of halogens is 1. The monoisotopic (exact) mass is 372 g/mol. The van der Waals surface area contributed by atoms with Crippen molar-refractivity contribution in [3.05, 3.63) is 33.6 Å². The van der Waals surface area contributed by atoms with Crippen LogP contribution < -0.4 is 10.5 Å². The van der Waals surface area contributed by atoms with Gasteiger partial charge in [-0.1, -0.05) is 15.9 Å². The van der Waals surface area contributed by atoms with Crippen molar-refractivity contribution < 1.29 is 8.42 Å². The van der Waals surface area contributed by atoms with Gasteiger partial charge in [0.25, 0.3) is 10.0 Å². The lowest BCUT2D eigenvalue weighted by Gasteiger charge is -2.13. The van der Waals surface area contributed by atoms with E-state index in [0.717, 1.165) is 5.69 Å². The van der Waals surface area contributed by atoms with Gasteiger partial charge in [0.15, 0.2) is 0 Å². The fourth-order valence-electron chi connectivity index (χ4n) is 2.06. The Morgan fingerprint density at radius 1 is 1.29 bits per heavy atom. The average molecular weight is 373 g/mol. The van der Waals surface area contributed by atoms with Crippen molar-refractivity contribution in [2.45, 2.75) is 25.7 Å². The van der Waals surface area contributed by atoms with Gasteiger partial charge in [-0.25, -0.2) is 8.42 Å². The molecule has 0 aliphatic heterocycles. The first-order valence-electron chi connectivity index (χ1n) is 6.22. The predicted molar refractivity (Wildman–Crippen MR) is 86.8 cm³/mol. The minimum absolute atomic E-state index is 0.150. The first-order valence-corrected chi connectivity index (χ1v) is 8.49. The highest BCUT2D eigenvalue weighted by Crippen LogP contribution is 2.29. The number of hydrogen-bond donors (Lipinski definition) is 2. The van der Waals surface area contributed by atoms with Crippen LogP contribution in [0.5, 0.6) is 0 Å². The van der Waals surface area contributed by atoms with Gasteiger partial charge in [0.2, 0.25) is 0 Å². The molecule has 0 saturated carbocycles. The molecular formula is C13H17BrN4O2S. The zero-order valence-electron chi connectivity index (χ0n) is 12.2. The Bertz CT molecular complexity index is 812. The number of nitrogen functional groups attached to an aromatic ring is 1. The summed E-state index contributed by atoms with van der Waals surface area (Å²) in [7, 11) is -1.97. The summed E-state index contributed by atoms with van der Waals surface area (Å²) in [6.45, 7) is 5.24. The molecule has 0 unspecified atom stereocenters. The molecule has 1 heterocycles. The molecule has 6 nitrogen and oxygen atoms in total. The summed E-state index contributed by atoms with van der Waals surface area (Å²) >= 11 is 3.27. The second kappa shape index (κ2) is 5.34. The van der Waals surface area contributed by atoms with Crippen LogP contribution in [-0.4, -0.2) is 18.2 Å². The van der Waals surface area contributed by atoms with E-state index < -0.39 is 10.0 Å². The van der Waals surface area contributed by atoms with Crippen molar-refractivity contribution in [3.8, 4) is 0 Å². The normalized spacial score (nSPS) is 11.7. The highest BCUT2D eigenvalue weighted by atomic mass is 79.9. The molecule has 1 aromatic carbocycles. The smallest absolute Gasteiger partial charge is 0.262 e. The SMILES string of the molecule is Cc1nn(C)c(C)c1NS(=O)(=O)c1cc(Br)cc(N)c1C. The number of hydrogen-bond acceptors (Lipinski definition) is 4. The molecule has 0 amide bonds. The summed E-state index contributed by atoms with van der Waals surface area (Å²) in [6, 6.07) is 3.21. The molecule has 21 heavy (non-hydrogen) atoms. The molecule has 0 atom stereocenters. The number of sulfonamides is 1. The lowest BCUT2D eigenvalue weighted by Crippen LogP contribution is -2.16. The second-order valence-electron chi connectivity index (χ2n) is 4.89. The van der Waals surface area contributed by atoms with E-state index in [1.165, 1.54) is 6.07 Å². The number of aromatic nitrogens is 2. The van der Waals surface area contributed by atoms with E-state index in [1.54, 1.807) is 38.6 Å². The molecule has 3 N–H and O–H groups in total. The lowest BCUT2D eigenvalue weighted by atomic mass is 10.2. The van der Waals surface area contributed by atoms with Crippen molar-refractivity contribution in [2.24, 2.45) is 7.05 Å². The molecule has 8 heteroatoms. The van der Waals surface area contributed by atoms with E-state index in [9.17, 15) is 8.42 Å². The summed E-state index contributed by atoms with van der Waals surface area (Å²) in [5.74, 6) is 0. The topological polar surface area (TPSA) is 90.0 Å². The van der Waals surface area contributed by atoms with E-state index in [4.69, 9.17) is 5.73 Å². The average Bonchev–Trinajstić information content (AvgIpc) is 2.60. The van der Waals surface area contributed by atoms with Crippen molar-refractivity contribution in [2.75, 3.05) is 10.5 Å². The van der Waals surface area contributed by atoms with E-state index >= 15 is 0 Å². The third kappa shape index (κ3) is 2.91. The van der Waals surface area contributed by atoms with Crippen molar-refractivity contribution in [3.63, 3.8) is 0 Å². The Balaban J connectivity index is 2.54. The minimum Gasteiger partial charge on any atom is -0.398 e. The molecule has 0 bridgehead atoms. The van der Waals surface area contributed by atoms with Crippen molar-refractivity contribution >= 4 is 37.3 Å². The van der Waals surface area contributed by atoms with Crippen LogP contribution in [0.1, 0.15) is 17.0 Å². The number of nitrogens with zero attached hydrogens (tertiary/aromatic N) is 2. The highest BCUT2D eigenvalue weighted by Gasteiger charge is 2.22. The van der Waals surface area contributed by atoms with Gasteiger partial charge in [-0.15, -0.1) is 0 Å². The molecule has 0 aliphatic carbocycles. The van der Waals surface area contributed by atoms with Crippen LogP contribution in [-0.2, 0) is 17.1 Å². The summed E-state index contributed by atoms with van der Waals surface area (Å²) in [5.41, 5.74) is 8.64. The van der Waals surface area contributed by atoms with Crippen LogP contribution in [0.25, 0.3) is 0 Å². The van der Waals surface area contributed by atoms with Crippen LogP contribution in [0, 0.1) is 20.8 Å². The molecule has 0 aliphatic rings. The minimum atomic E-state index is -3.73. The van der Waals surface area contributed by atoms with Gasteiger partial charge in [0.05, 0.1) is 22.0 Å². The zero-order valence-corrected chi connectivity index (χ0v) is 14.6. The maximum Gasteiger partial charge on any atom is 0.262 e. The van der Waals surface area contributed by atoms with Gasteiger partial charge >= 0.3 is 0 Å². The molecule has 0 spiro atoms. The summed E-state index contributed by atoms with van der Waals surface area (Å²) in [5, 5.41) is 4.20. The number of rotatable bonds is 3. The fraction of sp³-hybridized carbons (Fsp3) is 0.308. The maximum absolute atomic E-state index is 12.6. The zero-order chi connectivity index (χ0) is 15.9. The molecular weight excluding hydrogens is 356 g/mol. The first-order chi connectivity index (χ1) is 9.63. The molecule has 2 aromatic rings. The number of benzene rings is 1.